The Bertz CT molecular complexity index is 1420. The van der Waals surface area contributed by atoms with Crippen molar-refractivity contribution in [2.24, 2.45) is 0 Å². The summed E-state index contributed by atoms with van der Waals surface area (Å²) in [7, 11) is -3.93. The van der Waals surface area contributed by atoms with Gasteiger partial charge in [0.25, 0.3) is 17.9 Å². The minimum atomic E-state index is -3.93. The van der Waals surface area contributed by atoms with Gasteiger partial charge in [0.15, 0.2) is 0 Å². The number of aromatic nitrogens is 2. The Kier molecular flexibility index (Phi) is 9.07. The van der Waals surface area contributed by atoms with Crippen LogP contribution in [0, 0.1) is 6.92 Å². The maximum Gasteiger partial charge on any atom is 0.269 e. The van der Waals surface area contributed by atoms with E-state index in [2.05, 4.69) is 20.0 Å². The molecule has 1 aromatic heterocycles. The standard InChI is InChI=1S/C26H32F4N6O4S/c1-16-13-22(33-25(31-16)36-11-7-26(29,30)8-12-36)32-24(38)20-4-3-19(34-41(39,40)17(2)15-37)14-21(20)35-9-5-18(6-10-35)23(27)28/h3-4,13-14,17,34,37H,5-12,15H2,1-2H3,(H,31,32,33,38)/t17-/m0/s1. The summed E-state index contributed by atoms with van der Waals surface area (Å²) in [6.45, 7) is 2.89. The Hall–Kier alpha value is -3.46. The number of benzene rings is 1. The predicted octanol–water partition coefficient (Wildman–Crippen LogP) is 4.15. The number of aliphatic hydroxyl groups is 1. The molecule has 10 nitrogen and oxygen atoms in total. The van der Waals surface area contributed by atoms with E-state index in [4.69, 9.17) is 0 Å². The van der Waals surface area contributed by atoms with Crippen LogP contribution in [0.15, 0.2) is 35.9 Å². The van der Waals surface area contributed by atoms with Crippen LogP contribution in [0.25, 0.3) is 0 Å². The molecule has 2 aliphatic heterocycles. The first-order valence-electron chi connectivity index (χ1n) is 13.1. The molecular formula is C26H32F4N6O4S. The van der Waals surface area contributed by atoms with Crippen LogP contribution in [0.3, 0.4) is 0 Å². The van der Waals surface area contributed by atoms with E-state index in [9.17, 15) is 35.9 Å². The minimum absolute atomic E-state index is 0.0281. The molecule has 2 saturated heterocycles. The van der Waals surface area contributed by atoms with Gasteiger partial charge in [-0.3, -0.25) is 9.52 Å². The van der Waals surface area contributed by atoms with E-state index in [1.165, 1.54) is 31.2 Å². The molecule has 2 fully saturated rings. The average Bonchev–Trinajstić information content (AvgIpc) is 2.92. The highest BCUT2D eigenvalue weighted by atomic mass is 32.2. The molecule has 0 saturated carbocycles. The van der Waals surface area contributed by atoms with Gasteiger partial charge in [-0.15, -0.1) is 0 Å². The zero-order valence-electron chi connectivity index (χ0n) is 22.6. The van der Waals surface area contributed by atoms with Crippen LogP contribution in [0.5, 0.6) is 0 Å². The van der Waals surface area contributed by atoms with E-state index in [0.29, 0.717) is 11.4 Å². The molecule has 3 N–H and O–H groups in total. The number of nitrogens with one attached hydrogen (secondary N) is 2. The minimum Gasteiger partial charge on any atom is -0.395 e. The number of sulfonamides is 1. The average molecular weight is 601 g/mol. The lowest BCUT2D eigenvalue weighted by Crippen LogP contribution is -2.40. The van der Waals surface area contributed by atoms with Crippen LogP contribution in [0.2, 0.25) is 0 Å². The first-order valence-corrected chi connectivity index (χ1v) is 14.7. The summed E-state index contributed by atoms with van der Waals surface area (Å²) >= 11 is 0. The van der Waals surface area contributed by atoms with Crippen LogP contribution >= 0.6 is 0 Å². The first-order chi connectivity index (χ1) is 19.3. The third-order valence-corrected chi connectivity index (χ3v) is 8.85. The Labute approximate surface area is 235 Å². The molecule has 2 aliphatic rings. The van der Waals surface area contributed by atoms with E-state index in [1.54, 1.807) is 16.7 Å². The van der Waals surface area contributed by atoms with Crippen molar-refractivity contribution in [3.63, 3.8) is 0 Å². The second kappa shape index (κ2) is 12.2. The largest absolute Gasteiger partial charge is 0.395 e. The van der Waals surface area contributed by atoms with Gasteiger partial charge in [0.2, 0.25) is 16.0 Å². The third-order valence-electron chi connectivity index (χ3n) is 7.13. The van der Waals surface area contributed by atoms with Crippen molar-refractivity contribution in [3.8, 4) is 0 Å². The monoisotopic (exact) mass is 600 g/mol. The number of aliphatic hydroxyl groups excluding tert-OH is 1. The van der Waals surface area contributed by atoms with Crippen LogP contribution in [-0.2, 0) is 10.0 Å². The molecule has 1 amide bonds. The van der Waals surface area contributed by atoms with Crippen molar-refractivity contribution >= 4 is 39.1 Å². The molecule has 0 aliphatic carbocycles. The Morgan fingerprint density at radius 1 is 1.07 bits per heavy atom. The highest BCUT2D eigenvalue weighted by Gasteiger charge is 2.35. The number of halogens is 4. The highest BCUT2D eigenvalue weighted by molar-refractivity contribution is 7.93. The quantitative estimate of drug-likeness (QED) is 0.386. The number of hydrogen-bond donors (Lipinski definition) is 3. The molecule has 15 heteroatoms. The Morgan fingerprint density at radius 2 is 1.73 bits per heavy atom. The second-order valence-corrected chi connectivity index (χ2v) is 12.3. The number of anilines is 4. The molecule has 224 valence electrons. The smallest absolute Gasteiger partial charge is 0.269 e. The Balaban J connectivity index is 1.62. The van der Waals surface area contributed by atoms with Crippen molar-refractivity contribution in [2.45, 2.75) is 50.7 Å². The van der Waals surface area contributed by atoms with Gasteiger partial charge in [0.1, 0.15) is 11.1 Å². The van der Waals surface area contributed by atoms with E-state index in [0.717, 1.165) is 0 Å². The molecule has 3 heterocycles. The van der Waals surface area contributed by atoms with E-state index in [-0.39, 0.29) is 80.5 Å². The first kappa shape index (κ1) is 30.5. The van der Waals surface area contributed by atoms with Crippen molar-refractivity contribution in [1.29, 1.82) is 0 Å². The normalized spacial score (nSPS) is 18.2. The molecule has 2 aromatic rings. The highest BCUT2D eigenvalue weighted by Crippen LogP contribution is 2.32. The second-order valence-electron chi connectivity index (χ2n) is 10.2. The van der Waals surface area contributed by atoms with Gasteiger partial charge in [0.05, 0.1) is 23.5 Å². The van der Waals surface area contributed by atoms with Crippen LogP contribution in [-0.4, -0.2) is 73.4 Å². The van der Waals surface area contributed by atoms with E-state index >= 15 is 0 Å². The van der Waals surface area contributed by atoms with Crippen molar-refractivity contribution in [3.05, 3.63) is 47.2 Å². The number of nitrogens with zero attached hydrogens (tertiary/aromatic N) is 4. The molecule has 1 atom stereocenters. The van der Waals surface area contributed by atoms with Crippen molar-refractivity contribution in [1.82, 2.24) is 9.97 Å². The number of hydrogen-bond acceptors (Lipinski definition) is 8. The summed E-state index contributed by atoms with van der Waals surface area (Å²) in [4.78, 5) is 25.5. The maximum atomic E-state index is 13.6. The van der Waals surface area contributed by atoms with Crippen molar-refractivity contribution in [2.75, 3.05) is 52.6 Å². The topological polar surface area (TPSA) is 128 Å². The number of piperidine rings is 2. The number of carbonyl (C=O) groups is 1. The number of rotatable bonds is 8. The lowest BCUT2D eigenvalue weighted by Gasteiger charge is -2.32. The fourth-order valence-corrected chi connectivity index (χ4v) is 5.45. The summed E-state index contributed by atoms with van der Waals surface area (Å²) in [5, 5.41) is 10.9. The molecule has 0 unspecified atom stereocenters. The summed E-state index contributed by atoms with van der Waals surface area (Å²) in [5.41, 5.74) is 1.14. The van der Waals surface area contributed by atoms with Gasteiger partial charge in [0, 0.05) is 50.8 Å². The summed E-state index contributed by atoms with van der Waals surface area (Å²) in [5.74, 6) is -2.98. The zero-order valence-corrected chi connectivity index (χ0v) is 23.4. The molecular weight excluding hydrogens is 568 g/mol. The lowest BCUT2D eigenvalue weighted by molar-refractivity contribution is -0.0222. The van der Waals surface area contributed by atoms with Crippen LogP contribution in [0.1, 0.15) is 48.7 Å². The number of aryl methyl sites for hydroxylation is 1. The third kappa shape index (κ3) is 7.44. The maximum absolute atomic E-state index is 13.6. The van der Waals surface area contributed by atoms with Gasteiger partial charge in [-0.2, -0.15) is 13.8 Å². The molecule has 4 rings (SSSR count). The van der Waals surface area contributed by atoms with E-state index < -0.39 is 39.8 Å². The number of amides is 1. The van der Waals surface area contributed by atoms with Crippen molar-refractivity contribution < 1.29 is 35.9 Å². The van der Waals surface area contributed by atoms with Gasteiger partial charge in [-0.1, -0.05) is 0 Å². The molecule has 0 spiro atoms. The zero-order chi connectivity index (χ0) is 29.9. The summed E-state index contributed by atoms with van der Waals surface area (Å²) in [6.07, 6.45) is -2.24. The van der Waals surface area contributed by atoms with Gasteiger partial charge in [-0.25, -0.2) is 22.2 Å². The summed E-state index contributed by atoms with van der Waals surface area (Å²) < 4.78 is 81.0. The van der Waals surface area contributed by atoms with Crippen LogP contribution in [0.4, 0.5) is 40.7 Å². The van der Waals surface area contributed by atoms with Gasteiger partial charge < -0.3 is 20.2 Å². The fourth-order valence-electron chi connectivity index (χ4n) is 4.59. The number of carbonyl (C=O) groups excluding carboxylic acids is 1. The molecule has 0 bridgehead atoms. The SMILES string of the molecule is Cc1cc(NC(=O)c2ccc(NS(=O)(=O)[C@@H](C)CO)cc2N2CCC(=C(F)F)CC2)nc(N2CCC(F)(F)CC2)n1. The predicted molar refractivity (Wildman–Crippen MR) is 147 cm³/mol. The molecule has 0 radical (unpaired) electrons. The Morgan fingerprint density at radius 3 is 2.34 bits per heavy atom. The fraction of sp³-hybridized carbons (Fsp3) is 0.500. The summed E-state index contributed by atoms with van der Waals surface area (Å²) in [6, 6.07) is 5.78. The molecule has 1 aromatic carbocycles. The van der Waals surface area contributed by atoms with Gasteiger partial charge >= 0.3 is 0 Å². The number of alkyl halides is 2. The van der Waals surface area contributed by atoms with Crippen LogP contribution < -0.4 is 19.8 Å². The van der Waals surface area contributed by atoms with Gasteiger partial charge in [-0.05, 0) is 50.5 Å². The van der Waals surface area contributed by atoms with E-state index in [1.807, 2.05) is 0 Å². The lowest BCUT2D eigenvalue weighted by atomic mass is 10.0. The molecule has 41 heavy (non-hydrogen) atoms.